The van der Waals surface area contributed by atoms with Crippen molar-refractivity contribution in [3.8, 4) is 0 Å². The lowest BCUT2D eigenvalue weighted by molar-refractivity contribution is -0.114. The molecule has 3 rings (SSSR count). The van der Waals surface area contributed by atoms with Gasteiger partial charge in [-0.25, -0.2) is 0 Å². The summed E-state index contributed by atoms with van der Waals surface area (Å²) in [5.74, 6) is -0.377. The summed E-state index contributed by atoms with van der Waals surface area (Å²) in [4.78, 5) is 37.5. The Bertz CT molecular complexity index is 807. The van der Waals surface area contributed by atoms with Crippen molar-refractivity contribution < 1.29 is 14.4 Å². The van der Waals surface area contributed by atoms with Gasteiger partial charge in [0.2, 0.25) is 5.91 Å². The van der Waals surface area contributed by atoms with Crippen LogP contribution in [0.4, 0.5) is 11.4 Å². The van der Waals surface area contributed by atoms with E-state index in [1.807, 2.05) is 4.90 Å². The van der Waals surface area contributed by atoms with Crippen LogP contribution in [0.1, 0.15) is 40.5 Å². The van der Waals surface area contributed by atoms with Crippen LogP contribution < -0.4 is 10.6 Å². The van der Waals surface area contributed by atoms with Gasteiger partial charge in [-0.1, -0.05) is 0 Å². The Morgan fingerprint density at radius 2 is 1.27 bits per heavy atom. The molecule has 1 aliphatic rings. The molecule has 0 bridgehead atoms. The molecule has 1 aliphatic heterocycles. The second-order valence-electron chi connectivity index (χ2n) is 6.29. The van der Waals surface area contributed by atoms with E-state index in [1.165, 1.54) is 6.92 Å². The van der Waals surface area contributed by atoms with Crippen LogP contribution in [0, 0.1) is 0 Å². The smallest absolute Gasteiger partial charge is 0.255 e. The number of nitrogens with one attached hydrogen (secondary N) is 2. The third-order valence-corrected chi connectivity index (χ3v) is 4.25. The number of hydrogen-bond donors (Lipinski definition) is 2. The van der Waals surface area contributed by atoms with Crippen LogP contribution in [0.15, 0.2) is 48.5 Å². The van der Waals surface area contributed by atoms with Gasteiger partial charge in [-0.2, -0.15) is 0 Å². The Morgan fingerprint density at radius 3 is 1.81 bits per heavy atom. The fourth-order valence-corrected chi connectivity index (χ4v) is 2.91. The molecular weight excluding hydrogens is 330 g/mol. The van der Waals surface area contributed by atoms with Crippen LogP contribution in [-0.2, 0) is 4.79 Å². The van der Waals surface area contributed by atoms with E-state index in [1.54, 1.807) is 48.5 Å². The van der Waals surface area contributed by atoms with Gasteiger partial charge in [0.15, 0.2) is 0 Å². The van der Waals surface area contributed by atoms with Gasteiger partial charge in [0, 0.05) is 42.5 Å². The molecule has 2 aromatic carbocycles. The average Bonchev–Trinajstić information content (AvgIpc) is 3.16. The van der Waals surface area contributed by atoms with E-state index in [2.05, 4.69) is 10.6 Å². The van der Waals surface area contributed by atoms with Crippen LogP contribution in [-0.4, -0.2) is 35.7 Å². The first-order chi connectivity index (χ1) is 12.5. The third kappa shape index (κ3) is 4.27. The Balaban J connectivity index is 1.62. The van der Waals surface area contributed by atoms with Crippen molar-refractivity contribution in [1.82, 2.24) is 4.90 Å². The number of anilines is 2. The summed E-state index contributed by atoms with van der Waals surface area (Å²) in [5.41, 5.74) is 2.37. The Labute approximate surface area is 152 Å². The lowest BCUT2D eigenvalue weighted by Gasteiger charge is -2.15. The van der Waals surface area contributed by atoms with Crippen molar-refractivity contribution >= 4 is 29.1 Å². The molecule has 1 fully saturated rings. The molecule has 0 spiro atoms. The normalized spacial score (nSPS) is 13.3. The van der Waals surface area contributed by atoms with E-state index >= 15 is 0 Å². The molecule has 134 valence electrons. The van der Waals surface area contributed by atoms with E-state index in [-0.39, 0.29) is 17.7 Å². The molecule has 1 saturated heterocycles. The van der Waals surface area contributed by atoms with Crippen LogP contribution >= 0.6 is 0 Å². The summed E-state index contributed by atoms with van der Waals surface area (Å²) in [7, 11) is 0. The minimum Gasteiger partial charge on any atom is -0.339 e. The quantitative estimate of drug-likeness (QED) is 0.888. The predicted molar refractivity (Wildman–Crippen MR) is 100 cm³/mol. The Kier molecular flexibility index (Phi) is 5.31. The maximum absolute atomic E-state index is 12.3. The number of carbonyl (C=O) groups excluding carboxylic acids is 3. The van der Waals surface area contributed by atoms with Crippen molar-refractivity contribution in [3.63, 3.8) is 0 Å². The largest absolute Gasteiger partial charge is 0.339 e. The zero-order valence-corrected chi connectivity index (χ0v) is 14.6. The fourth-order valence-electron chi connectivity index (χ4n) is 2.91. The van der Waals surface area contributed by atoms with Gasteiger partial charge in [0.05, 0.1) is 0 Å². The lowest BCUT2D eigenvalue weighted by Crippen LogP contribution is -2.27. The molecule has 26 heavy (non-hydrogen) atoms. The maximum atomic E-state index is 12.3. The first kappa shape index (κ1) is 17.7. The molecule has 0 unspecified atom stereocenters. The zero-order chi connectivity index (χ0) is 18.5. The molecule has 6 heteroatoms. The third-order valence-electron chi connectivity index (χ3n) is 4.25. The minimum absolute atomic E-state index is 0.0361. The van der Waals surface area contributed by atoms with Gasteiger partial charge < -0.3 is 15.5 Å². The van der Waals surface area contributed by atoms with Crippen molar-refractivity contribution in [3.05, 3.63) is 59.7 Å². The molecule has 2 aromatic rings. The van der Waals surface area contributed by atoms with Crippen LogP contribution in [0.3, 0.4) is 0 Å². The molecule has 3 amide bonds. The molecular formula is C20H21N3O3. The monoisotopic (exact) mass is 351 g/mol. The predicted octanol–water partition coefficient (Wildman–Crippen LogP) is 3.13. The maximum Gasteiger partial charge on any atom is 0.255 e. The Morgan fingerprint density at radius 1 is 0.769 bits per heavy atom. The standard InChI is InChI=1S/C20H21N3O3/c1-14(24)21-17-8-4-15(5-9-17)19(25)22-18-10-6-16(7-11-18)20(26)23-12-2-3-13-23/h4-11H,2-3,12-13H2,1H3,(H,21,24)(H,22,25). The van der Waals surface area contributed by atoms with Crippen molar-refractivity contribution in [2.24, 2.45) is 0 Å². The van der Waals surface area contributed by atoms with E-state index < -0.39 is 0 Å². The van der Waals surface area contributed by atoms with Crippen molar-refractivity contribution in [1.29, 1.82) is 0 Å². The number of rotatable bonds is 4. The first-order valence-electron chi connectivity index (χ1n) is 8.61. The molecule has 1 heterocycles. The van der Waals surface area contributed by atoms with E-state index in [4.69, 9.17) is 0 Å². The summed E-state index contributed by atoms with van der Waals surface area (Å²) in [6.07, 6.45) is 2.11. The van der Waals surface area contributed by atoms with Crippen LogP contribution in [0.5, 0.6) is 0 Å². The second-order valence-corrected chi connectivity index (χ2v) is 6.29. The topological polar surface area (TPSA) is 78.5 Å². The summed E-state index contributed by atoms with van der Waals surface area (Å²) < 4.78 is 0. The van der Waals surface area contributed by atoms with Crippen molar-refractivity contribution in [2.45, 2.75) is 19.8 Å². The van der Waals surface area contributed by atoms with E-state index in [0.717, 1.165) is 25.9 Å². The number of carbonyl (C=O) groups is 3. The van der Waals surface area contributed by atoms with Gasteiger partial charge in [-0.15, -0.1) is 0 Å². The minimum atomic E-state index is -0.252. The van der Waals surface area contributed by atoms with Crippen molar-refractivity contribution in [2.75, 3.05) is 23.7 Å². The van der Waals surface area contributed by atoms with E-state index in [0.29, 0.717) is 22.5 Å². The summed E-state index contributed by atoms with van der Waals surface area (Å²) in [6, 6.07) is 13.6. The highest BCUT2D eigenvalue weighted by atomic mass is 16.2. The summed E-state index contributed by atoms with van der Waals surface area (Å²) in [6.45, 7) is 3.05. The molecule has 0 radical (unpaired) electrons. The number of hydrogen-bond acceptors (Lipinski definition) is 3. The molecule has 0 aromatic heterocycles. The number of amides is 3. The molecule has 0 saturated carbocycles. The van der Waals surface area contributed by atoms with Crippen LogP contribution in [0.25, 0.3) is 0 Å². The summed E-state index contributed by atoms with van der Waals surface area (Å²) in [5, 5.41) is 5.46. The molecule has 0 aliphatic carbocycles. The summed E-state index contributed by atoms with van der Waals surface area (Å²) >= 11 is 0. The molecule has 2 N–H and O–H groups in total. The van der Waals surface area contributed by atoms with Gasteiger partial charge in [-0.05, 0) is 61.4 Å². The SMILES string of the molecule is CC(=O)Nc1ccc(C(=O)Nc2ccc(C(=O)N3CCCC3)cc2)cc1. The zero-order valence-electron chi connectivity index (χ0n) is 14.6. The van der Waals surface area contributed by atoms with Gasteiger partial charge in [0.1, 0.15) is 0 Å². The number of nitrogens with zero attached hydrogens (tertiary/aromatic N) is 1. The molecule has 6 nitrogen and oxygen atoms in total. The highest BCUT2D eigenvalue weighted by Crippen LogP contribution is 2.17. The second kappa shape index (κ2) is 7.82. The highest BCUT2D eigenvalue weighted by molar-refractivity contribution is 6.05. The van der Waals surface area contributed by atoms with Crippen LogP contribution in [0.2, 0.25) is 0 Å². The lowest BCUT2D eigenvalue weighted by atomic mass is 10.1. The average molecular weight is 351 g/mol. The van der Waals surface area contributed by atoms with E-state index in [9.17, 15) is 14.4 Å². The van der Waals surface area contributed by atoms with Gasteiger partial charge in [0.25, 0.3) is 11.8 Å². The first-order valence-corrected chi connectivity index (χ1v) is 8.61. The highest BCUT2D eigenvalue weighted by Gasteiger charge is 2.19. The fraction of sp³-hybridized carbons (Fsp3) is 0.250. The van der Waals surface area contributed by atoms with Gasteiger partial charge >= 0.3 is 0 Å². The Hall–Kier alpha value is -3.15. The molecule has 0 atom stereocenters. The number of benzene rings is 2. The van der Waals surface area contributed by atoms with Gasteiger partial charge in [-0.3, -0.25) is 14.4 Å². The number of likely N-dealkylation sites (tertiary alicyclic amines) is 1.